The summed E-state index contributed by atoms with van der Waals surface area (Å²) in [5, 5.41) is 15.3. The molecule has 0 saturated heterocycles. The van der Waals surface area contributed by atoms with E-state index in [2.05, 4.69) is 5.32 Å². The van der Waals surface area contributed by atoms with E-state index in [1.165, 1.54) is 0 Å². The summed E-state index contributed by atoms with van der Waals surface area (Å²) in [6, 6.07) is 11.8. The summed E-state index contributed by atoms with van der Waals surface area (Å²) in [5.41, 5.74) is 0.791. The van der Waals surface area contributed by atoms with E-state index < -0.39 is 5.97 Å². The van der Waals surface area contributed by atoms with Crippen LogP contribution >= 0.6 is 11.8 Å². The van der Waals surface area contributed by atoms with Gasteiger partial charge in [-0.2, -0.15) is 0 Å². The van der Waals surface area contributed by atoms with Crippen molar-refractivity contribution in [3.05, 3.63) is 36.4 Å². The topological polar surface area (TPSA) is 69.2 Å². The first-order valence-corrected chi connectivity index (χ1v) is 7.89. The minimum Gasteiger partial charge on any atom is -0.550 e. The number of rotatable bonds is 6. The molecule has 0 heterocycles. The Labute approximate surface area is 176 Å². The Kier molecular flexibility index (Phi) is 8.67. The van der Waals surface area contributed by atoms with Gasteiger partial charge in [-0.15, -0.1) is 11.8 Å². The molecular formula is C16H16KNO3S. The van der Waals surface area contributed by atoms with Crippen LogP contribution in [0.2, 0.25) is 0 Å². The van der Waals surface area contributed by atoms with Crippen LogP contribution in [0.15, 0.2) is 41.3 Å². The smallest absolute Gasteiger partial charge is 0.550 e. The number of aliphatic carboxylic acids is 1. The number of thioether (sulfide) groups is 1. The summed E-state index contributed by atoms with van der Waals surface area (Å²) < 4.78 is 0. The molecule has 0 fully saturated rings. The number of hydrogen-bond acceptors (Lipinski definition) is 4. The summed E-state index contributed by atoms with van der Waals surface area (Å²) in [5.74, 6) is -1.30. The van der Waals surface area contributed by atoms with Crippen molar-refractivity contribution < 1.29 is 66.1 Å². The van der Waals surface area contributed by atoms with E-state index in [1.54, 1.807) is 11.8 Å². The molecule has 0 aliphatic carbocycles. The fraction of sp³-hybridized carbons (Fsp3) is 0.250. The van der Waals surface area contributed by atoms with E-state index in [4.69, 9.17) is 0 Å². The molecule has 2 aromatic rings. The minimum atomic E-state index is -1.13. The molecule has 0 aliphatic rings. The molecule has 1 amide bonds. The summed E-state index contributed by atoms with van der Waals surface area (Å²) >= 11 is 1.56. The van der Waals surface area contributed by atoms with Crippen molar-refractivity contribution in [2.75, 3.05) is 11.6 Å². The maximum absolute atomic E-state index is 12.0. The third-order valence-electron chi connectivity index (χ3n) is 3.16. The van der Waals surface area contributed by atoms with Crippen LogP contribution in [0.1, 0.15) is 19.3 Å². The zero-order valence-electron chi connectivity index (χ0n) is 12.7. The fourth-order valence-corrected chi connectivity index (χ4v) is 2.72. The molecule has 0 atom stereocenters. The van der Waals surface area contributed by atoms with Gasteiger partial charge in [0.15, 0.2) is 0 Å². The Bertz CT molecular complexity index is 675. The number of fused-ring (bicyclic) bond motifs is 1. The van der Waals surface area contributed by atoms with Gasteiger partial charge in [0.25, 0.3) is 0 Å². The van der Waals surface area contributed by atoms with Gasteiger partial charge in [-0.3, -0.25) is 4.79 Å². The SMILES string of the molecule is CSc1ccc2ccccc2c1NC(=O)CCCC(=O)[O-].[K+]. The van der Waals surface area contributed by atoms with Gasteiger partial charge in [0, 0.05) is 22.7 Å². The van der Waals surface area contributed by atoms with E-state index in [-0.39, 0.29) is 76.6 Å². The van der Waals surface area contributed by atoms with Crippen molar-refractivity contribution in [2.45, 2.75) is 24.2 Å². The summed E-state index contributed by atoms with van der Waals surface area (Å²) in [6.45, 7) is 0. The van der Waals surface area contributed by atoms with E-state index in [1.807, 2.05) is 42.7 Å². The third-order valence-corrected chi connectivity index (χ3v) is 3.94. The fourth-order valence-electron chi connectivity index (χ4n) is 2.15. The van der Waals surface area contributed by atoms with Crippen LogP contribution in [0.5, 0.6) is 0 Å². The average molecular weight is 341 g/mol. The Balaban J connectivity index is 0.00000242. The molecule has 0 saturated carbocycles. The number of carboxylic acids is 1. The zero-order chi connectivity index (χ0) is 15.2. The van der Waals surface area contributed by atoms with Crippen LogP contribution < -0.4 is 61.8 Å². The van der Waals surface area contributed by atoms with Gasteiger partial charge in [0.1, 0.15) is 0 Å². The molecule has 0 aliphatic heterocycles. The number of carbonyl (C=O) groups excluding carboxylic acids is 2. The second-order valence-corrected chi connectivity index (χ2v) is 5.49. The molecule has 0 aromatic heterocycles. The predicted molar refractivity (Wildman–Crippen MR) is 83.2 cm³/mol. The average Bonchev–Trinajstić information content (AvgIpc) is 2.47. The summed E-state index contributed by atoms with van der Waals surface area (Å²) in [7, 11) is 0. The van der Waals surface area contributed by atoms with Gasteiger partial charge >= 0.3 is 51.4 Å². The van der Waals surface area contributed by atoms with Crippen molar-refractivity contribution in [3.8, 4) is 0 Å². The molecule has 2 rings (SSSR count). The Hall–Kier alpha value is -0.374. The van der Waals surface area contributed by atoms with Gasteiger partial charge < -0.3 is 15.2 Å². The summed E-state index contributed by atoms with van der Waals surface area (Å²) in [6.07, 6.45) is 2.31. The normalized spacial score (nSPS) is 10.0. The number of nitrogens with one attached hydrogen (secondary N) is 1. The largest absolute Gasteiger partial charge is 1.00 e. The molecule has 0 radical (unpaired) electrons. The second kappa shape index (κ2) is 9.70. The molecule has 0 bridgehead atoms. The molecule has 1 N–H and O–H groups in total. The second-order valence-electron chi connectivity index (χ2n) is 4.64. The number of carbonyl (C=O) groups is 2. The zero-order valence-corrected chi connectivity index (χ0v) is 16.7. The molecule has 0 spiro atoms. The first-order valence-electron chi connectivity index (χ1n) is 6.67. The van der Waals surface area contributed by atoms with Crippen molar-refractivity contribution in [2.24, 2.45) is 0 Å². The van der Waals surface area contributed by atoms with Crippen LogP contribution in [0, 0.1) is 0 Å². The number of amides is 1. The van der Waals surface area contributed by atoms with Gasteiger partial charge in [-0.1, -0.05) is 30.3 Å². The molecular weight excluding hydrogens is 325 g/mol. The Morgan fingerprint density at radius 3 is 2.55 bits per heavy atom. The Morgan fingerprint density at radius 1 is 1.14 bits per heavy atom. The van der Waals surface area contributed by atoms with Crippen LogP contribution in [0.3, 0.4) is 0 Å². The van der Waals surface area contributed by atoms with E-state index >= 15 is 0 Å². The molecule has 22 heavy (non-hydrogen) atoms. The van der Waals surface area contributed by atoms with Gasteiger partial charge in [-0.05, 0) is 30.6 Å². The number of benzene rings is 2. The monoisotopic (exact) mass is 341 g/mol. The summed E-state index contributed by atoms with van der Waals surface area (Å²) in [4.78, 5) is 23.3. The predicted octanol–water partition coefficient (Wildman–Crippen LogP) is -0.576. The van der Waals surface area contributed by atoms with E-state index in [0.717, 1.165) is 21.4 Å². The van der Waals surface area contributed by atoms with Gasteiger partial charge in [0.05, 0.1) is 5.69 Å². The van der Waals surface area contributed by atoms with Crippen molar-refractivity contribution >= 4 is 40.1 Å². The van der Waals surface area contributed by atoms with E-state index in [0.29, 0.717) is 0 Å². The maximum atomic E-state index is 12.0. The molecule has 0 unspecified atom stereocenters. The third kappa shape index (κ3) is 5.36. The van der Waals surface area contributed by atoms with Crippen LogP contribution in [-0.2, 0) is 9.59 Å². The number of carboxylic acid groups (broad SMARTS) is 1. The van der Waals surface area contributed by atoms with Crippen LogP contribution in [0.25, 0.3) is 10.8 Å². The van der Waals surface area contributed by atoms with Crippen molar-refractivity contribution in [1.82, 2.24) is 0 Å². The quantitative estimate of drug-likeness (QED) is 0.564. The molecule has 2 aromatic carbocycles. The van der Waals surface area contributed by atoms with Gasteiger partial charge in [-0.25, -0.2) is 0 Å². The van der Waals surface area contributed by atoms with Crippen molar-refractivity contribution in [3.63, 3.8) is 0 Å². The minimum absolute atomic E-state index is 0. The molecule has 110 valence electrons. The number of anilines is 1. The first kappa shape index (κ1) is 19.7. The maximum Gasteiger partial charge on any atom is 1.00 e. The number of hydrogen-bond donors (Lipinski definition) is 1. The molecule has 4 nitrogen and oxygen atoms in total. The standard InChI is InChI=1S/C16H17NO3S.K/c1-21-13-10-9-11-5-2-3-6-12(11)16(13)17-14(18)7-4-8-15(19)20;/h2-3,5-6,9-10H,4,7-8H2,1H3,(H,17,18)(H,19,20);/q;+1/p-1. The van der Waals surface area contributed by atoms with E-state index in [9.17, 15) is 14.7 Å². The van der Waals surface area contributed by atoms with Crippen LogP contribution in [0.4, 0.5) is 5.69 Å². The van der Waals surface area contributed by atoms with Crippen LogP contribution in [-0.4, -0.2) is 18.1 Å². The Morgan fingerprint density at radius 2 is 1.86 bits per heavy atom. The molecule has 6 heteroatoms. The first-order chi connectivity index (χ1) is 10.1. The van der Waals surface area contributed by atoms with Crippen molar-refractivity contribution in [1.29, 1.82) is 0 Å². The van der Waals surface area contributed by atoms with Gasteiger partial charge in [0.2, 0.25) is 5.91 Å².